The molecular weight excluding hydrogens is 354 g/mol. The fraction of sp³-hybridized carbons (Fsp3) is 0.455. The first kappa shape index (κ1) is 17.8. The van der Waals surface area contributed by atoms with Crippen LogP contribution in [0.1, 0.15) is 30.1 Å². The second kappa shape index (κ2) is 6.65. The predicted octanol–water partition coefficient (Wildman–Crippen LogP) is 2.42. The normalized spacial score (nSPS) is 32.5. The van der Waals surface area contributed by atoms with Crippen LogP contribution in [0.3, 0.4) is 0 Å². The topological polar surface area (TPSA) is 80.4 Å². The highest BCUT2D eigenvalue weighted by Gasteiger charge is 2.57. The Balaban J connectivity index is 1.40. The third kappa shape index (κ3) is 2.75. The maximum Gasteiger partial charge on any atom is 0.143 e. The average Bonchev–Trinajstić information content (AvgIpc) is 3.37. The van der Waals surface area contributed by atoms with Gasteiger partial charge in [0, 0.05) is 17.0 Å². The second-order valence-corrected chi connectivity index (χ2v) is 8.32. The fourth-order valence-electron chi connectivity index (χ4n) is 5.07. The Morgan fingerprint density at radius 3 is 2.79 bits per heavy atom. The average molecular weight is 379 g/mol. The lowest BCUT2D eigenvalue weighted by molar-refractivity contribution is -0.0308. The molecule has 5 unspecified atom stereocenters. The van der Waals surface area contributed by atoms with E-state index in [1.54, 1.807) is 6.33 Å². The first-order chi connectivity index (χ1) is 13.6. The Hall–Kier alpha value is -2.28. The molecule has 2 N–H and O–H groups in total. The maximum absolute atomic E-state index is 11.0. The van der Waals surface area contributed by atoms with Crippen LogP contribution in [0.25, 0.3) is 11.0 Å². The van der Waals surface area contributed by atoms with Gasteiger partial charge in [-0.05, 0) is 37.8 Å². The van der Waals surface area contributed by atoms with Gasteiger partial charge < -0.3 is 19.5 Å². The lowest BCUT2D eigenvalue weighted by atomic mass is 9.80. The van der Waals surface area contributed by atoms with E-state index in [0.717, 1.165) is 29.6 Å². The summed E-state index contributed by atoms with van der Waals surface area (Å²) in [5.41, 5.74) is 2.54. The minimum absolute atomic E-state index is 0.0639. The van der Waals surface area contributed by atoms with Crippen molar-refractivity contribution in [1.82, 2.24) is 14.5 Å². The molecule has 2 fully saturated rings. The van der Waals surface area contributed by atoms with Crippen LogP contribution in [0.15, 0.2) is 48.9 Å². The Kier molecular flexibility index (Phi) is 4.23. The Labute approximate surface area is 163 Å². The molecule has 5 rings (SSSR count). The number of hydrogen-bond donors (Lipinski definition) is 2. The van der Waals surface area contributed by atoms with Gasteiger partial charge in [-0.3, -0.25) is 0 Å². The summed E-state index contributed by atoms with van der Waals surface area (Å²) in [5.74, 6) is 0. The molecule has 3 heterocycles. The van der Waals surface area contributed by atoms with Crippen LogP contribution >= 0.6 is 0 Å². The molecule has 5 atom stereocenters. The number of nitrogens with zero attached hydrogens (tertiary/aromatic N) is 3. The molecule has 1 saturated carbocycles. The van der Waals surface area contributed by atoms with Gasteiger partial charge in [0.25, 0.3) is 0 Å². The smallest absolute Gasteiger partial charge is 0.143 e. The van der Waals surface area contributed by atoms with E-state index in [1.165, 1.54) is 5.56 Å². The number of aliphatic hydroxyl groups is 2. The van der Waals surface area contributed by atoms with E-state index >= 15 is 0 Å². The van der Waals surface area contributed by atoms with Gasteiger partial charge >= 0.3 is 0 Å². The molecule has 3 aromatic rings. The van der Waals surface area contributed by atoms with Crippen molar-refractivity contribution >= 4 is 11.0 Å². The molecule has 2 aromatic heterocycles. The van der Waals surface area contributed by atoms with Gasteiger partial charge in [-0.2, -0.15) is 0 Å². The molecule has 0 bridgehead atoms. The summed E-state index contributed by atoms with van der Waals surface area (Å²) in [6, 6.07) is 12.0. The molecule has 2 aliphatic rings. The van der Waals surface area contributed by atoms with Crippen molar-refractivity contribution in [3.63, 3.8) is 0 Å². The minimum atomic E-state index is -0.843. The Morgan fingerprint density at radius 2 is 1.96 bits per heavy atom. The maximum atomic E-state index is 11.0. The summed E-state index contributed by atoms with van der Waals surface area (Å²) < 4.78 is 8.08. The number of benzene rings is 1. The molecule has 6 nitrogen and oxygen atoms in total. The molecule has 0 radical (unpaired) electrons. The van der Waals surface area contributed by atoms with Crippen LogP contribution in [-0.2, 0) is 11.2 Å². The summed E-state index contributed by atoms with van der Waals surface area (Å²) in [5, 5.41) is 22.8. The van der Waals surface area contributed by atoms with Crippen molar-refractivity contribution in [2.75, 3.05) is 6.61 Å². The van der Waals surface area contributed by atoms with Crippen LogP contribution in [0, 0.1) is 12.3 Å². The largest absolute Gasteiger partial charge is 0.390 e. The molecule has 1 aromatic carbocycles. The van der Waals surface area contributed by atoms with Gasteiger partial charge in [0.1, 0.15) is 18.1 Å². The zero-order valence-corrected chi connectivity index (χ0v) is 15.9. The zero-order chi connectivity index (χ0) is 19.3. The van der Waals surface area contributed by atoms with Crippen molar-refractivity contribution in [3.05, 3.63) is 60.2 Å². The van der Waals surface area contributed by atoms with Gasteiger partial charge in [-0.25, -0.2) is 9.97 Å². The van der Waals surface area contributed by atoms with Gasteiger partial charge in [-0.15, -0.1) is 0 Å². The number of rotatable bonds is 3. The summed E-state index contributed by atoms with van der Waals surface area (Å²) in [6.45, 7) is 2.43. The number of aryl methyl sites for hydroxylation is 1. The van der Waals surface area contributed by atoms with Crippen LogP contribution in [0.4, 0.5) is 0 Å². The van der Waals surface area contributed by atoms with E-state index in [2.05, 4.69) is 22.1 Å². The quantitative estimate of drug-likeness (QED) is 0.731. The van der Waals surface area contributed by atoms with Crippen LogP contribution in [0.2, 0.25) is 0 Å². The van der Waals surface area contributed by atoms with Crippen LogP contribution in [0.5, 0.6) is 0 Å². The fourth-order valence-corrected chi connectivity index (χ4v) is 5.07. The van der Waals surface area contributed by atoms with Crippen LogP contribution in [-0.4, -0.2) is 49.7 Å². The monoisotopic (exact) mass is 379 g/mol. The number of fused-ring (bicyclic) bond motifs is 1. The molecule has 0 amide bonds. The highest BCUT2D eigenvalue weighted by molar-refractivity contribution is 5.78. The van der Waals surface area contributed by atoms with Gasteiger partial charge in [0.15, 0.2) is 0 Å². The Bertz CT molecular complexity index is 989. The third-order valence-electron chi connectivity index (χ3n) is 6.57. The highest BCUT2D eigenvalue weighted by atomic mass is 16.5. The molecule has 1 saturated heterocycles. The van der Waals surface area contributed by atoms with Gasteiger partial charge in [0.2, 0.25) is 0 Å². The van der Waals surface area contributed by atoms with E-state index < -0.39 is 17.6 Å². The van der Waals surface area contributed by atoms with Crippen molar-refractivity contribution in [2.45, 2.75) is 50.5 Å². The second-order valence-electron chi connectivity index (χ2n) is 8.32. The predicted molar refractivity (Wildman–Crippen MR) is 105 cm³/mol. The molecule has 28 heavy (non-hydrogen) atoms. The SMILES string of the molecule is Cc1ncnc2c1ccn2C1CC2(COC(Cc3ccccc3)C2)C(O)C1O. The first-order valence-corrected chi connectivity index (χ1v) is 9.87. The molecule has 146 valence electrons. The van der Waals surface area contributed by atoms with E-state index in [0.29, 0.717) is 13.0 Å². The number of hydrogen-bond acceptors (Lipinski definition) is 5. The zero-order valence-electron chi connectivity index (χ0n) is 15.9. The van der Waals surface area contributed by atoms with Crippen molar-refractivity contribution in [1.29, 1.82) is 0 Å². The van der Waals surface area contributed by atoms with E-state index in [-0.39, 0.29) is 12.1 Å². The summed E-state index contributed by atoms with van der Waals surface area (Å²) in [4.78, 5) is 8.67. The standard InChI is InChI=1S/C22H25N3O3/c1-14-17-7-8-25(21(17)24-13-23-14)18-11-22(20(27)19(18)26)10-16(28-12-22)9-15-5-3-2-4-6-15/h2-8,13,16,18-20,26-27H,9-12H2,1H3. The summed E-state index contributed by atoms with van der Waals surface area (Å²) in [6.07, 6.45) is 4.17. The van der Waals surface area contributed by atoms with Crippen molar-refractivity contribution in [3.8, 4) is 0 Å². The Morgan fingerprint density at radius 1 is 1.14 bits per heavy atom. The van der Waals surface area contributed by atoms with Gasteiger partial charge in [0.05, 0.1) is 30.6 Å². The molecule has 1 aliphatic carbocycles. The van der Waals surface area contributed by atoms with Crippen LogP contribution < -0.4 is 0 Å². The third-order valence-corrected chi connectivity index (χ3v) is 6.57. The van der Waals surface area contributed by atoms with E-state index in [9.17, 15) is 10.2 Å². The number of aliphatic hydroxyl groups excluding tert-OH is 2. The first-order valence-electron chi connectivity index (χ1n) is 9.87. The minimum Gasteiger partial charge on any atom is -0.390 e. The highest BCUT2D eigenvalue weighted by Crippen LogP contribution is 2.52. The molecule has 1 aliphatic heterocycles. The van der Waals surface area contributed by atoms with E-state index in [4.69, 9.17) is 4.74 Å². The lowest BCUT2D eigenvalue weighted by Crippen LogP contribution is -2.37. The van der Waals surface area contributed by atoms with Crippen molar-refractivity contribution < 1.29 is 14.9 Å². The van der Waals surface area contributed by atoms with E-state index in [1.807, 2.05) is 42.0 Å². The lowest BCUT2D eigenvalue weighted by Gasteiger charge is -2.26. The number of aromatic nitrogens is 3. The van der Waals surface area contributed by atoms with Gasteiger partial charge in [-0.1, -0.05) is 30.3 Å². The summed E-state index contributed by atoms with van der Waals surface area (Å²) >= 11 is 0. The molecule has 1 spiro atoms. The number of ether oxygens (including phenoxy) is 1. The summed E-state index contributed by atoms with van der Waals surface area (Å²) in [7, 11) is 0. The van der Waals surface area contributed by atoms with Crippen molar-refractivity contribution in [2.24, 2.45) is 5.41 Å². The molecule has 6 heteroatoms. The molecular formula is C22H25N3O3.